The predicted octanol–water partition coefficient (Wildman–Crippen LogP) is 1.21. The van der Waals surface area contributed by atoms with Crippen molar-refractivity contribution in [3.63, 3.8) is 0 Å². The smallest absolute Gasteiger partial charge is 0.142 e. The Morgan fingerprint density at radius 2 is 2.00 bits per heavy atom. The standard InChI is InChI=1S/C5H9F2N.ClH/c6-3-5(7)1-4(8)2-5;/h4H,1-3,8H2;1H. The lowest BCUT2D eigenvalue weighted by molar-refractivity contribution is 0.0187. The van der Waals surface area contributed by atoms with Crippen LogP contribution in [0.25, 0.3) is 0 Å². The highest BCUT2D eigenvalue weighted by molar-refractivity contribution is 5.85. The Balaban J connectivity index is 0.000000640. The summed E-state index contributed by atoms with van der Waals surface area (Å²) in [6.07, 6.45) is 0.396. The van der Waals surface area contributed by atoms with Gasteiger partial charge in [-0.3, -0.25) is 0 Å². The molecule has 0 atom stereocenters. The normalized spacial score (nSPS) is 41.0. The highest BCUT2D eigenvalue weighted by Gasteiger charge is 2.42. The monoisotopic (exact) mass is 157 g/mol. The fourth-order valence-electron chi connectivity index (χ4n) is 0.989. The van der Waals surface area contributed by atoms with E-state index in [0.29, 0.717) is 0 Å². The van der Waals surface area contributed by atoms with Crippen molar-refractivity contribution in [2.45, 2.75) is 24.6 Å². The first kappa shape index (κ1) is 9.11. The van der Waals surface area contributed by atoms with Crippen LogP contribution >= 0.6 is 12.4 Å². The van der Waals surface area contributed by atoms with Crippen molar-refractivity contribution in [3.8, 4) is 0 Å². The first-order valence-electron chi connectivity index (χ1n) is 2.67. The molecule has 0 aromatic heterocycles. The highest BCUT2D eigenvalue weighted by atomic mass is 35.5. The zero-order valence-electron chi connectivity index (χ0n) is 4.94. The average molecular weight is 158 g/mol. The Morgan fingerprint density at radius 1 is 1.56 bits per heavy atom. The van der Waals surface area contributed by atoms with Crippen molar-refractivity contribution < 1.29 is 8.78 Å². The van der Waals surface area contributed by atoms with E-state index in [0.717, 1.165) is 0 Å². The molecule has 4 heteroatoms. The molecular formula is C5H10ClF2N. The van der Waals surface area contributed by atoms with Gasteiger partial charge in [0.1, 0.15) is 12.3 Å². The fraction of sp³-hybridized carbons (Fsp3) is 1.00. The molecule has 0 radical (unpaired) electrons. The van der Waals surface area contributed by atoms with Crippen LogP contribution in [0.4, 0.5) is 8.78 Å². The molecule has 0 bridgehead atoms. The van der Waals surface area contributed by atoms with E-state index in [2.05, 4.69) is 0 Å². The van der Waals surface area contributed by atoms with Crippen LogP contribution in [0, 0.1) is 0 Å². The van der Waals surface area contributed by atoms with E-state index in [9.17, 15) is 8.78 Å². The van der Waals surface area contributed by atoms with Crippen molar-refractivity contribution >= 4 is 12.4 Å². The predicted molar refractivity (Wildman–Crippen MR) is 34.3 cm³/mol. The van der Waals surface area contributed by atoms with Gasteiger partial charge >= 0.3 is 0 Å². The third-order valence-corrected chi connectivity index (χ3v) is 1.50. The van der Waals surface area contributed by atoms with Gasteiger partial charge in [-0.15, -0.1) is 12.4 Å². The second-order valence-corrected chi connectivity index (χ2v) is 2.45. The second-order valence-electron chi connectivity index (χ2n) is 2.45. The molecule has 1 aliphatic rings. The maximum absolute atomic E-state index is 12.4. The molecule has 56 valence electrons. The van der Waals surface area contributed by atoms with Gasteiger partial charge in [0, 0.05) is 6.04 Å². The van der Waals surface area contributed by atoms with Gasteiger partial charge in [0.2, 0.25) is 0 Å². The molecule has 9 heavy (non-hydrogen) atoms. The molecule has 0 saturated heterocycles. The largest absolute Gasteiger partial charge is 0.327 e. The van der Waals surface area contributed by atoms with Crippen LogP contribution in [0.15, 0.2) is 0 Å². The average Bonchev–Trinajstić information content (AvgIpc) is 1.63. The number of hydrogen-bond donors (Lipinski definition) is 1. The lowest BCUT2D eigenvalue weighted by Gasteiger charge is -2.36. The molecule has 0 aromatic rings. The van der Waals surface area contributed by atoms with E-state index in [1.54, 1.807) is 0 Å². The number of alkyl halides is 2. The molecule has 0 aliphatic heterocycles. The number of halogens is 3. The van der Waals surface area contributed by atoms with Gasteiger partial charge in [-0.05, 0) is 12.8 Å². The SMILES string of the molecule is Cl.NC1CC(F)(CF)C1. The Kier molecular flexibility index (Phi) is 2.83. The molecule has 1 saturated carbocycles. The topological polar surface area (TPSA) is 26.0 Å². The first-order chi connectivity index (χ1) is 3.66. The van der Waals surface area contributed by atoms with E-state index in [1.165, 1.54) is 0 Å². The summed E-state index contributed by atoms with van der Waals surface area (Å²) in [7, 11) is 0. The van der Waals surface area contributed by atoms with Crippen molar-refractivity contribution in [2.24, 2.45) is 5.73 Å². The fourth-order valence-corrected chi connectivity index (χ4v) is 0.989. The summed E-state index contributed by atoms with van der Waals surface area (Å²) in [5.74, 6) is 0. The van der Waals surface area contributed by atoms with Crippen molar-refractivity contribution in [3.05, 3.63) is 0 Å². The summed E-state index contributed by atoms with van der Waals surface area (Å²) in [5.41, 5.74) is 3.67. The molecule has 1 aliphatic carbocycles. The van der Waals surface area contributed by atoms with Crippen molar-refractivity contribution in [1.29, 1.82) is 0 Å². The molecule has 0 spiro atoms. The first-order valence-corrected chi connectivity index (χ1v) is 2.67. The lowest BCUT2D eigenvalue weighted by Crippen LogP contribution is -2.49. The minimum atomic E-state index is -1.56. The minimum absolute atomic E-state index is 0. The van der Waals surface area contributed by atoms with Gasteiger partial charge in [0.05, 0.1) is 0 Å². The summed E-state index contributed by atoms with van der Waals surface area (Å²) in [4.78, 5) is 0. The molecular weight excluding hydrogens is 148 g/mol. The molecule has 2 N–H and O–H groups in total. The molecule has 0 heterocycles. The van der Waals surface area contributed by atoms with Crippen LogP contribution in [0.5, 0.6) is 0 Å². The summed E-state index contributed by atoms with van der Waals surface area (Å²) in [5, 5.41) is 0. The molecule has 0 unspecified atom stereocenters. The zero-order valence-corrected chi connectivity index (χ0v) is 5.76. The molecule has 0 amide bonds. The molecule has 0 aromatic carbocycles. The van der Waals surface area contributed by atoms with Crippen LogP contribution in [0.1, 0.15) is 12.8 Å². The third kappa shape index (κ3) is 1.76. The van der Waals surface area contributed by atoms with E-state index in [1.807, 2.05) is 0 Å². The Morgan fingerprint density at radius 3 is 2.11 bits per heavy atom. The van der Waals surface area contributed by atoms with Gasteiger partial charge in [-0.25, -0.2) is 8.78 Å². The summed E-state index contributed by atoms with van der Waals surface area (Å²) in [6, 6.07) is -0.101. The maximum Gasteiger partial charge on any atom is 0.142 e. The van der Waals surface area contributed by atoms with Crippen LogP contribution < -0.4 is 5.73 Å². The lowest BCUT2D eigenvalue weighted by atomic mass is 9.79. The summed E-state index contributed by atoms with van der Waals surface area (Å²) in [6.45, 7) is -0.874. The summed E-state index contributed by atoms with van der Waals surface area (Å²) < 4.78 is 24.0. The summed E-state index contributed by atoms with van der Waals surface area (Å²) >= 11 is 0. The van der Waals surface area contributed by atoms with Gasteiger partial charge in [0.15, 0.2) is 0 Å². The molecule has 1 rings (SSSR count). The quantitative estimate of drug-likeness (QED) is 0.609. The third-order valence-electron chi connectivity index (χ3n) is 1.50. The molecule has 1 fully saturated rings. The Bertz CT molecular complexity index is 93.0. The van der Waals surface area contributed by atoms with Gasteiger partial charge < -0.3 is 5.73 Å². The maximum atomic E-state index is 12.4. The van der Waals surface area contributed by atoms with E-state index in [-0.39, 0.29) is 31.3 Å². The van der Waals surface area contributed by atoms with Crippen LogP contribution in [-0.4, -0.2) is 18.4 Å². The van der Waals surface area contributed by atoms with Crippen molar-refractivity contribution in [2.75, 3.05) is 6.67 Å². The number of rotatable bonds is 1. The van der Waals surface area contributed by atoms with Gasteiger partial charge in [-0.2, -0.15) is 0 Å². The van der Waals surface area contributed by atoms with Crippen LogP contribution in [0.2, 0.25) is 0 Å². The second kappa shape index (κ2) is 2.80. The van der Waals surface area contributed by atoms with Crippen molar-refractivity contribution in [1.82, 2.24) is 0 Å². The van der Waals surface area contributed by atoms with Crippen LogP contribution in [0.3, 0.4) is 0 Å². The van der Waals surface area contributed by atoms with Gasteiger partial charge in [-0.1, -0.05) is 0 Å². The Labute approximate surface area is 59.0 Å². The highest BCUT2D eigenvalue weighted by Crippen LogP contribution is 2.34. The van der Waals surface area contributed by atoms with E-state index >= 15 is 0 Å². The van der Waals surface area contributed by atoms with Crippen LogP contribution in [-0.2, 0) is 0 Å². The number of nitrogens with two attached hydrogens (primary N) is 1. The number of hydrogen-bond acceptors (Lipinski definition) is 1. The van der Waals surface area contributed by atoms with Gasteiger partial charge in [0.25, 0.3) is 0 Å². The minimum Gasteiger partial charge on any atom is -0.327 e. The molecule has 1 nitrogen and oxygen atoms in total. The Hall–Kier alpha value is 0.110. The van der Waals surface area contributed by atoms with E-state index in [4.69, 9.17) is 5.73 Å². The van der Waals surface area contributed by atoms with E-state index < -0.39 is 12.3 Å². The zero-order chi connectivity index (χ0) is 6.20.